The van der Waals surface area contributed by atoms with Crippen LogP contribution in [-0.4, -0.2) is 29.7 Å². The van der Waals surface area contributed by atoms with Gasteiger partial charge in [0.1, 0.15) is 5.75 Å². The van der Waals surface area contributed by atoms with E-state index in [2.05, 4.69) is 44.2 Å². The summed E-state index contributed by atoms with van der Waals surface area (Å²) in [6.45, 7) is 0. The Morgan fingerprint density at radius 3 is 2.39 bits per heavy atom. The molecule has 0 aromatic heterocycles. The van der Waals surface area contributed by atoms with Crippen molar-refractivity contribution in [1.29, 1.82) is 0 Å². The molecule has 1 heterocycles. The fourth-order valence-corrected chi connectivity index (χ4v) is 6.57. The first-order valence-corrected chi connectivity index (χ1v) is 13.8. The Kier molecular flexibility index (Phi) is 6.61. The molecular weight excluding hydrogens is 544 g/mol. The molecule has 3 aromatic rings. The molecule has 9 heteroatoms. The molecule has 36 heavy (non-hydrogen) atoms. The SMILES string of the molecule is COc1ccc(NS(=O)(=O)c2ccc3c(c2)[C@H]2C=CC[C@H]2[C@@H](c2cc(Br)ccc2OC)N3)cc1OC. The maximum Gasteiger partial charge on any atom is 0.261 e. The van der Waals surface area contributed by atoms with Crippen molar-refractivity contribution in [3.63, 3.8) is 0 Å². The van der Waals surface area contributed by atoms with Gasteiger partial charge in [0.15, 0.2) is 11.5 Å². The van der Waals surface area contributed by atoms with E-state index in [1.54, 1.807) is 37.4 Å². The quantitative estimate of drug-likeness (QED) is 0.334. The summed E-state index contributed by atoms with van der Waals surface area (Å²) in [5, 5.41) is 3.66. The summed E-state index contributed by atoms with van der Waals surface area (Å²) in [7, 11) is 0.892. The van der Waals surface area contributed by atoms with Crippen LogP contribution in [0.5, 0.6) is 17.2 Å². The lowest BCUT2D eigenvalue weighted by atomic mass is 9.77. The highest BCUT2D eigenvalue weighted by molar-refractivity contribution is 9.10. The van der Waals surface area contributed by atoms with E-state index in [9.17, 15) is 8.42 Å². The van der Waals surface area contributed by atoms with E-state index in [4.69, 9.17) is 14.2 Å². The Labute approximate surface area is 219 Å². The summed E-state index contributed by atoms with van der Waals surface area (Å²) in [4.78, 5) is 0.204. The Morgan fingerprint density at radius 2 is 1.64 bits per heavy atom. The van der Waals surface area contributed by atoms with Gasteiger partial charge in [-0.05, 0) is 66.4 Å². The number of ether oxygens (including phenoxy) is 3. The van der Waals surface area contributed by atoms with E-state index in [0.29, 0.717) is 17.2 Å². The van der Waals surface area contributed by atoms with E-state index >= 15 is 0 Å². The number of rotatable bonds is 7. The van der Waals surface area contributed by atoms with E-state index in [1.807, 2.05) is 18.2 Å². The monoisotopic (exact) mass is 570 g/mol. The normalized spacial score (nSPS) is 20.2. The Balaban J connectivity index is 1.48. The Bertz CT molecular complexity index is 1440. The number of halogens is 1. The van der Waals surface area contributed by atoms with Gasteiger partial charge >= 0.3 is 0 Å². The summed E-state index contributed by atoms with van der Waals surface area (Å²) in [5.41, 5.74) is 3.35. The fourth-order valence-electron chi connectivity index (χ4n) is 5.11. The summed E-state index contributed by atoms with van der Waals surface area (Å²) in [6.07, 6.45) is 5.24. The average Bonchev–Trinajstić information content (AvgIpc) is 3.38. The second kappa shape index (κ2) is 9.71. The summed E-state index contributed by atoms with van der Waals surface area (Å²) in [6, 6.07) is 16.2. The molecule has 1 aliphatic carbocycles. The van der Waals surface area contributed by atoms with Crippen LogP contribution in [0.1, 0.15) is 29.5 Å². The van der Waals surface area contributed by atoms with E-state index in [1.165, 1.54) is 14.2 Å². The number of anilines is 2. The maximum atomic E-state index is 13.3. The van der Waals surface area contributed by atoms with Gasteiger partial charge in [-0.2, -0.15) is 0 Å². The zero-order valence-electron chi connectivity index (χ0n) is 20.1. The second-order valence-electron chi connectivity index (χ2n) is 8.79. The van der Waals surface area contributed by atoms with Gasteiger partial charge in [0, 0.05) is 27.7 Å². The molecule has 0 bridgehead atoms. The molecule has 7 nitrogen and oxygen atoms in total. The van der Waals surface area contributed by atoms with Crippen molar-refractivity contribution in [2.45, 2.75) is 23.3 Å². The van der Waals surface area contributed by atoms with Crippen LogP contribution in [0.3, 0.4) is 0 Å². The third-order valence-corrected chi connectivity index (χ3v) is 8.68. The molecule has 0 radical (unpaired) electrons. The zero-order chi connectivity index (χ0) is 25.4. The summed E-state index contributed by atoms with van der Waals surface area (Å²) < 4.78 is 46.4. The van der Waals surface area contributed by atoms with E-state index in [-0.39, 0.29) is 22.8 Å². The third kappa shape index (κ3) is 4.41. The third-order valence-electron chi connectivity index (χ3n) is 6.81. The smallest absolute Gasteiger partial charge is 0.261 e. The van der Waals surface area contributed by atoms with Crippen molar-refractivity contribution in [3.8, 4) is 17.2 Å². The number of sulfonamides is 1. The highest BCUT2D eigenvalue weighted by Gasteiger charge is 2.39. The van der Waals surface area contributed by atoms with Crippen molar-refractivity contribution >= 4 is 37.3 Å². The molecule has 3 atom stereocenters. The van der Waals surface area contributed by atoms with Crippen LogP contribution >= 0.6 is 15.9 Å². The minimum atomic E-state index is -3.83. The first-order valence-electron chi connectivity index (χ1n) is 11.5. The number of benzene rings is 3. The van der Waals surface area contributed by atoms with Gasteiger partial charge in [0.25, 0.3) is 10.0 Å². The molecule has 5 rings (SSSR count). The number of allylic oxidation sites excluding steroid dienone is 2. The van der Waals surface area contributed by atoms with Gasteiger partial charge in [0.2, 0.25) is 0 Å². The molecule has 3 aromatic carbocycles. The molecule has 0 unspecified atom stereocenters. The van der Waals surface area contributed by atoms with E-state index in [0.717, 1.165) is 33.5 Å². The number of hydrogen-bond donors (Lipinski definition) is 2. The first kappa shape index (κ1) is 24.5. The lowest BCUT2D eigenvalue weighted by molar-refractivity contribution is 0.355. The molecule has 2 aliphatic rings. The molecule has 1 aliphatic heterocycles. The highest BCUT2D eigenvalue weighted by atomic mass is 79.9. The fraction of sp³-hybridized carbons (Fsp3) is 0.259. The van der Waals surface area contributed by atoms with Gasteiger partial charge < -0.3 is 19.5 Å². The summed E-state index contributed by atoms with van der Waals surface area (Å²) in [5.74, 6) is 2.11. The van der Waals surface area contributed by atoms with Crippen LogP contribution in [0.4, 0.5) is 11.4 Å². The molecule has 0 spiro atoms. The number of methoxy groups -OCH3 is 3. The second-order valence-corrected chi connectivity index (χ2v) is 11.4. The first-order chi connectivity index (χ1) is 17.3. The molecule has 0 amide bonds. The lowest BCUT2D eigenvalue weighted by Crippen LogP contribution is -2.29. The summed E-state index contributed by atoms with van der Waals surface area (Å²) >= 11 is 3.58. The van der Waals surface area contributed by atoms with Crippen LogP contribution in [0.15, 0.2) is 76.1 Å². The molecule has 0 fully saturated rings. The maximum absolute atomic E-state index is 13.3. The topological polar surface area (TPSA) is 85.9 Å². The highest BCUT2D eigenvalue weighted by Crippen LogP contribution is 2.51. The van der Waals surface area contributed by atoms with Gasteiger partial charge in [-0.25, -0.2) is 8.42 Å². The minimum absolute atomic E-state index is 0.0253. The van der Waals surface area contributed by atoms with Gasteiger partial charge in [0.05, 0.1) is 38.0 Å². The predicted molar refractivity (Wildman–Crippen MR) is 144 cm³/mol. The number of fused-ring (bicyclic) bond motifs is 3. The predicted octanol–water partition coefficient (Wildman–Crippen LogP) is 6.10. The van der Waals surface area contributed by atoms with Gasteiger partial charge in [-0.3, -0.25) is 4.72 Å². The largest absolute Gasteiger partial charge is 0.496 e. The standard InChI is InChI=1S/C27H27BrN2O5S/c1-33-24-11-7-16(28)13-22(24)27-20-6-4-5-19(20)21-15-18(9-10-23(21)29-27)36(31,32)30-17-8-12-25(34-2)26(14-17)35-3/h4-5,7-15,19-20,27,29-30H,6H2,1-3H3/t19-,20+,27-/m0/s1. The van der Waals surface area contributed by atoms with Crippen LogP contribution in [0.25, 0.3) is 0 Å². The van der Waals surface area contributed by atoms with Crippen molar-refractivity contribution in [1.82, 2.24) is 0 Å². The number of nitrogens with one attached hydrogen (secondary N) is 2. The van der Waals surface area contributed by atoms with Crippen molar-refractivity contribution < 1.29 is 22.6 Å². The average molecular weight is 571 g/mol. The Hall–Kier alpha value is -3.17. The molecule has 188 valence electrons. The minimum Gasteiger partial charge on any atom is -0.496 e. The Morgan fingerprint density at radius 1 is 0.889 bits per heavy atom. The molecular formula is C27H27BrN2O5S. The van der Waals surface area contributed by atoms with Crippen LogP contribution in [-0.2, 0) is 10.0 Å². The van der Waals surface area contributed by atoms with Crippen LogP contribution < -0.4 is 24.2 Å². The van der Waals surface area contributed by atoms with Gasteiger partial charge in [-0.15, -0.1) is 0 Å². The molecule has 2 N–H and O–H groups in total. The van der Waals surface area contributed by atoms with Crippen LogP contribution in [0, 0.1) is 5.92 Å². The lowest BCUT2D eigenvalue weighted by Gasteiger charge is -2.38. The van der Waals surface area contributed by atoms with Crippen molar-refractivity contribution in [2.75, 3.05) is 31.4 Å². The van der Waals surface area contributed by atoms with E-state index < -0.39 is 10.0 Å². The van der Waals surface area contributed by atoms with Crippen molar-refractivity contribution in [2.24, 2.45) is 5.92 Å². The molecule has 0 saturated heterocycles. The zero-order valence-corrected chi connectivity index (χ0v) is 22.5. The van der Waals surface area contributed by atoms with Gasteiger partial charge in [-0.1, -0.05) is 28.1 Å². The molecule has 0 saturated carbocycles. The van der Waals surface area contributed by atoms with Crippen molar-refractivity contribution in [3.05, 3.63) is 82.3 Å². The number of hydrogen-bond acceptors (Lipinski definition) is 6. The van der Waals surface area contributed by atoms with Crippen LogP contribution in [0.2, 0.25) is 0 Å².